The van der Waals surface area contributed by atoms with Crippen molar-refractivity contribution in [3.63, 3.8) is 0 Å². The Morgan fingerprint density at radius 3 is 2.62 bits per heavy atom. The average Bonchev–Trinajstić information content (AvgIpc) is 3.33. The molecule has 2 heterocycles. The van der Waals surface area contributed by atoms with Crippen molar-refractivity contribution in [2.45, 2.75) is 50.3 Å². The van der Waals surface area contributed by atoms with E-state index in [1.165, 1.54) is 0 Å². The topological polar surface area (TPSA) is 112 Å². The highest BCUT2D eigenvalue weighted by Gasteiger charge is 2.46. The minimum absolute atomic E-state index is 0.0739. The first-order valence-electron chi connectivity index (χ1n) is 11.1. The monoisotopic (exact) mass is 490 g/mol. The fraction of sp³-hybridized carbons (Fsp3) is 0.440. The summed E-state index contributed by atoms with van der Waals surface area (Å²) < 4.78 is 22.0. The van der Waals surface area contributed by atoms with Gasteiger partial charge < -0.3 is 29.2 Å². The van der Waals surface area contributed by atoms with Gasteiger partial charge in [0.25, 0.3) is 0 Å². The molecule has 0 aromatic heterocycles. The predicted molar refractivity (Wildman–Crippen MR) is 122 cm³/mol. The summed E-state index contributed by atoms with van der Waals surface area (Å²) in [6.07, 6.45) is -3.58. The van der Waals surface area contributed by atoms with Crippen LogP contribution in [-0.4, -0.2) is 66.2 Å². The standard InChI is InChI=1S/C25H27ClO8/c1-14(28)32-25-21(12-27)34-24(22(29)23(25)30)16-4-7-20(26)17(11-16)10-15-2-5-18(6-3-15)33-19-8-9-31-13-19/h2-7,11,19,21-22,24-25,27,29H,8-10,12-13H2,1H3/t19-,21+,22?,24-,25?/m0/s1. The maximum atomic E-state index is 12.6. The second kappa shape index (κ2) is 10.8. The lowest BCUT2D eigenvalue weighted by atomic mass is 9.91. The Hall–Kier alpha value is -2.49. The van der Waals surface area contributed by atoms with E-state index < -0.39 is 42.8 Å². The van der Waals surface area contributed by atoms with Crippen molar-refractivity contribution in [2.75, 3.05) is 19.8 Å². The van der Waals surface area contributed by atoms with Crippen LogP contribution < -0.4 is 4.74 Å². The van der Waals surface area contributed by atoms with Crippen molar-refractivity contribution < 1.29 is 38.7 Å². The molecule has 34 heavy (non-hydrogen) atoms. The maximum absolute atomic E-state index is 12.6. The normalized spacial score (nSPS) is 26.9. The molecule has 5 atom stereocenters. The molecule has 2 aromatic rings. The van der Waals surface area contributed by atoms with Gasteiger partial charge in [0.15, 0.2) is 6.10 Å². The number of Topliss-reactive ketones (excluding diaryl/α,β-unsaturated/α-hetero) is 1. The summed E-state index contributed by atoms with van der Waals surface area (Å²) in [5, 5.41) is 20.8. The zero-order valence-corrected chi connectivity index (χ0v) is 19.4. The van der Waals surface area contributed by atoms with Crippen LogP contribution >= 0.6 is 11.6 Å². The SMILES string of the molecule is CC(=O)OC1C(=O)C(O)[C@H](c2ccc(Cl)c(Cc3ccc(O[C@H]4CCOC4)cc3)c2)O[C@@H]1CO. The van der Waals surface area contributed by atoms with E-state index in [0.29, 0.717) is 30.2 Å². The van der Waals surface area contributed by atoms with Crippen molar-refractivity contribution in [1.29, 1.82) is 0 Å². The van der Waals surface area contributed by atoms with Crippen LogP contribution in [0, 0.1) is 0 Å². The molecule has 2 fully saturated rings. The lowest BCUT2D eigenvalue weighted by molar-refractivity contribution is -0.200. The Bertz CT molecular complexity index is 1020. The summed E-state index contributed by atoms with van der Waals surface area (Å²) in [7, 11) is 0. The smallest absolute Gasteiger partial charge is 0.303 e. The summed E-state index contributed by atoms with van der Waals surface area (Å²) in [5.74, 6) is -0.646. The van der Waals surface area contributed by atoms with Crippen molar-refractivity contribution in [1.82, 2.24) is 0 Å². The predicted octanol–water partition coefficient (Wildman–Crippen LogP) is 2.39. The molecule has 2 saturated heterocycles. The first-order valence-corrected chi connectivity index (χ1v) is 11.5. The number of rotatable bonds is 7. The van der Waals surface area contributed by atoms with Crippen molar-refractivity contribution in [2.24, 2.45) is 0 Å². The largest absolute Gasteiger partial charge is 0.488 e. The molecule has 2 unspecified atom stereocenters. The van der Waals surface area contributed by atoms with Crippen molar-refractivity contribution in [3.05, 3.63) is 64.2 Å². The molecule has 0 aliphatic carbocycles. The first kappa shape index (κ1) is 24.6. The number of benzene rings is 2. The number of ether oxygens (including phenoxy) is 4. The van der Waals surface area contributed by atoms with E-state index in [1.54, 1.807) is 18.2 Å². The van der Waals surface area contributed by atoms with E-state index in [0.717, 1.165) is 30.2 Å². The Morgan fingerprint density at radius 1 is 1.21 bits per heavy atom. The average molecular weight is 491 g/mol. The molecular weight excluding hydrogens is 464 g/mol. The number of aliphatic hydroxyl groups is 2. The summed E-state index contributed by atoms with van der Waals surface area (Å²) in [6.45, 7) is 1.91. The van der Waals surface area contributed by atoms with Crippen LogP contribution in [0.2, 0.25) is 5.02 Å². The van der Waals surface area contributed by atoms with Crippen LogP contribution in [0.5, 0.6) is 5.75 Å². The minimum Gasteiger partial charge on any atom is -0.488 e. The van der Waals surface area contributed by atoms with E-state index in [2.05, 4.69) is 0 Å². The molecule has 8 nitrogen and oxygen atoms in total. The Kier molecular flexibility index (Phi) is 7.85. The van der Waals surface area contributed by atoms with Gasteiger partial charge in [-0.05, 0) is 41.3 Å². The number of halogens is 1. The highest BCUT2D eigenvalue weighted by Crippen LogP contribution is 2.34. The van der Waals surface area contributed by atoms with Crippen LogP contribution in [0.25, 0.3) is 0 Å². The number of carbonyl (C=O) groups excluding carboxylic acids is 2. The second-order valence-corrected chi connectivity index (χ2v) is 8.84. The van der Waals surface area contributed by atoms with Gasteiger partial charge in [-0.2, -0.15) is 0 Å². The number of esters is 1. The highest BCUT2D eigenvalue weighted by molar-refractivity contribution is 6.31. The first-order chi connectivity index (χ1) is 16.4. The van der Waals surface area contributed by atoms with Gasteiger partial charge in [0, 0.05) is 18.4 Å². The number of hydrogen-bond acceptors (Lipinski definition) is 8. The molecule has 2 aliphatic rings. The van der Waals surface area contributed by atoms with Crippen LogP contribution in [0.15, 0.2) is 42.5 Å². The van der Waals surface area contributed by atoms with Gasteiger partial charge >= 0.3 is 5.97 Å². The molecule has 4 rings (SSSR count). The fourth-order valence-corrected chi connectivity index (χ4v) is 4.34. The Balaban J connectivity index is 1.49. The number of aliphatic hydroxyl groups excluding tert-OH is 2. The molecule has 0 radical (unpaired) electrons. The van der Waals surface area contributed by atoms with Gasteiger partial charge in [-0.25, -0.2) is 0 Å². The van der Waals surface area contributed by atoms with Crippen LogP contribution in [0.4, 0.5) is 0 Å². The molecule has 0 saturated carbocycles. The van der Waals surface area contributed by atoms with Crippen LogP contribution in [-0.2, 0) is 30.2 Å². The van der Waals surface area contributed by atoms with E-state index >= 15 is 0 Å². The van der Waals surface area contributed by atoms with E-state index in [-0.39, 0.29) is 6.10 Å². The number of ketones is 1. The highest BCUT2D eigenvalue weighted by atomic mass is 35.5. The third-order valence-electron chi connectivity index (χ3n) is 5.90. The summed E-state index contributed by atoms with van der Waals surface area (Å²) in [5.41, 5.74) is 2.31. The number of hydrogen-bond donors (Lipinski definition) is 2. The molecule has 182 valence electrons. The minimum atomic E-state index is -1.56. The van der Waals surface area contributed by atoms with Crippen molar-refractivity contribution >= 4 is 23.4 Å². The van der Waals surface area contributed by atoms with Gasteiger partial charge in [0.2, 0.25) is 5.78 Å². The van der Waals surface area contributed by atoms with E-state index in [1.807, 2.05) is 24.3 Å². The van der Waals surface area contributed by atoms with Gasteiger partial charge in [-0.3, -0.25) is 9.59 Å². The second-order valence-electron chi connectivity index (χ2n) is 8.43. The molecule has 0 amide bonds. The van der Waals surface area contributed by atoms with E-state index in [9.17, 15) is 19.8 Å². The molecule has 0 bridgehead atoms. The van der Waals surface area contributed by atoms with Gasteiger partial charge in [0.05, 0.1) is 19.8 Å². The molecule has 2 N–H and O–H groups in total. The van der Waals surface area contributed by atoms with E-state index in [4.69, 9.17) is 30.5 Å². The quantitative estimate of drug-likeness (QED) is 0.569. The maximum Gasteiger partial charge on any atom is 0.303 e. The lowest BCUT2D eigenvalue weighted by Crippen LogP contribution is -2.54. The zero-order valence-electron chi connectivity index (χ0n) is 18.7. The van der Waals surface area contributed by atoms with Crippen molar-refractivity contribution in [3.8, 4) is 5.75 Å². The molecule has 2 aromatic carbocycles. The molecule has 0 spiro atoms. The summed E-state index contributed by atoms with van der Waals surface area (Å²) in [4.78, 5) is 24.0. The number of carbonyl (C=O) groups is 2. The van der Waals surface area contributed by atoms with Gasteiger partial charge in [-0.15, -0.1) is 0 Å². The third-order valence-corrected chi connectivity index (χ3v) is 6.27. The molecule has 2 aliphatic heterocycles. The zero-order chi connectivity index (χ0) is 24.2. The Labute approximate surface area is 202 Å². The lowest BCUT2D eigenvalue weighted by Gasteiger charge is -2.37. The van der Waals surface area contributed by atoms with Gasteiger partial charge in [-0.1, -0.05) is 35.9 Å². The molecule has 9 heteroatoms. The summed E-state index contributed by atoms with van der Waals surface area (Å²) >= 11 is 6.42. The van der Waals surface area contributed by atoms with Gasteiger partial charge in [0.1, 0.15) is 30.2 Å². The third kappa shape index (κ3) is 5.59. The van der Waals surface area contributed by atoms with Crippen LogP contribution in [0.1, 0.15) is 36.1 Å². The Morgan fingerprint density at radius 2 is 1.97 bits per heavy atom. The molecular formula is C25H27ClO8. The fourth-order valence-electron chi connectivity index (χ4n) is 4.16. The summed E-state index contributed by atoms with van der Waals surface area (Å²) in [6, 6.07) is 12.8. The van der Waals surface area contributed by atoms with Crippen LogP contribution in [0.3, 0.4) is 0 Å².